The van der Waals surface area contributed by atoms with E-state index in [1.54, 1.807) is 0 Å². The van der Waals surface area contributed by atoms with Crippen LogP contribution < -0.4 is 0 Å². The molecule has 1 saturated heterocycles. The Bertz CT molecular complexity index is 172. The molecule has 0 saturated carbocycles. The van der Waals surface area contributed by atoms with Gasteiger partial charge in [-0.25, -0.2) is 0 Å². The van der Waals surface area contributed by atoms with Gasteiger partial charge < -0.3 is 19.7 Å². The molecule has 0 aromatic rings. The number of aliphatic hydroxyl groups is 2. The minimum absolute atomic E-state index is 0.0745. The van der Waals surface area contributed by atoms with Crippen LogP contribution in [0.2, 0.25) is 0 Å². The Morgan fingerprint density at radius 3 is 1.77 bits per heavy atom. The van der Waals surface area contributed by atoms with Gasteiger partial charge in [-0.1, -0.05) is 12.2 Å². The van der Waals surface area contributed by atoms with Crippen LogP contribution in [0.25, 0.3) is 0 Å². The lowest BCUT2D eigenvalue weighted by Gasteiger charge is -2.22. The normalized spacial score (nSPS) is 32.5. The maximum atomic E-state index is 9.40. The summed E-state index contributed by atoms with van der Waals surface area (Å²) in [6, 6.07) is 0. The van der Waals surface area contributed by atoms with E-state index in [9.17, 15) is 10.2 Å². The zero-order valence-corrected chi connectivity index (χ0v) is 7.30. The van der Waals surface area contributed by atoms with Crippen molar-refractivity contribution in [2.24, 2.45) is 0 Å². The van der Waals surface area contributed by atoms with E-state index < -0.39 is 24.4 Å². The molecule has 0 aliphatic carbocycles. The highest BCUT2D eigenvalue weighted by atomic mass is 16.7. The summed E-state index contributed by atoms with van der Waals surface area (Å²) >= 11 is 0. The summed E-state index contributed by atoms with van der Waals surface area (Å²) in [5.74, 6) is 0. The topological polar surface area (TPSA) is 58.9 Å². The molecule has 4 nitrogen and oxygen atoms in total. The van der Waals surface area contributed by atoms with Gasteiger partial charge in [-0.05, 0) is 0 Å². The quantitative estimate of drug-likeness (QED) is 0.598. The molecule has 1 aliphatic heterocycles. The van der Waals surface area contributed by atoms with Crippen LogP contribution in [-0.2, 0) is 9.47 Å². The maximum Gasteiger partial charge on any atom is 0.148 e. The van der Waals surface area contributed by atoms with Gasteiger partial charge in [0, 0.05) is 0 Å². The molecule has 0 radical (unpaired) electrons. The first kappa shape index (κ1) is 10.4. The summed E-state index contributed by atoms with van der Waals surface area (Å²) in [5, 5.41) is 18.8. The van der Waals surface area contributed by atoms with Crippen molar-refractivity contribution in [3.05, 3.63) is 25.3 Å². The predicted molar refractivity (Wildman–Crippen MR) is 47.0 cm³/mol. The Balaban J connectivity index is 2.62. The van der Waals surface area contributed by atoms with Gasteiger partial charge >= 0.3 is 0 Å². The van der Waals surface area contributed by atoms with Crippen LogP contribution in [0.3, 0.4) is 0 Å². The van der Waals surface area contributed by atoms with Crippen LogP contribution in [0, 0.1) is 0 Å². The van der Waals surface area contributed by atoms with Crippen molar-refractivity contribution < 1.29 is 19.7 Å². The molecule has 1 fully saturated rings. The summed E-state index contributed by atoms with van der Waals surface area (Å²) in [5.41, 5.74) is 0. The lowest BCUT2D eigenvalue weighted by Crippen LogP contribution is -2.40. The molecule has 4 atom stereocenters. The first-order chi connectivity index (χ1) is 6.20. The molecular formula is C9H14O4. The zero-order chi connectivity index (χ0) is 9.84. The molecule has 4 heteroatoms. The number of ether oxygens (including phenoxy) is 2. The molecule has 0 bridgehead atoms. The van der Waals surface area contributed by atoms with Crippen LogP contribution >= 0.6 is 0 Å². The molecule has 1 rings (SSSR count). The maximum absolute atomic E-state index is 9.40. The summed E-state index contributed by atoms with van der Waals surface area (Å²) in [6.07, 6.45) is -0.0928. The highest BCUT2D eigenvalue weighted by molar-refractivity contribution is 4.98. The van der Waals surface area contributed by atoms with E-state index in [-0.39, 0.29) is 6.79 Å². The molecule has 0 spiro atoms. The van der Waals surface area contributed by atoms with Crippen molar-refractivity contribution in [2.45, 2.75) is 24.4 Å². The second-order valence-corrected chi connectivity index (χ2v) is 2.83. The highest BCUT2D eigenvalue weighted by Crippen LogP contribution is 2.20. The number of hydrogen-bond acceptors (Lipinski definition) is 4. The third-order valence-corrected chi connectivity index (χ3v) is 2.00. The van der Waals surface area contributed by atoms with Gasteiger partial charge in [0.25, 0.3) is 0 Å². The second-order valence-electron chi connectivity index (χ2n) is 2.83. The SMILES string of the molecule is C=CC(O)C1OCOC1C(O)C=C. The zero-order valence-electron chi connectivity index (χ0n) is 7.30. The average Bonchev–Trinajstić information content (AvgIpc) is 2.63. The third kappa shape index (κ3) is 2.16. The van der Waals surface area contributed by atoms with Crippen LogP contribution in [0.15, 0.2) is 25.3 Å². The van der Waals surface area contributed by atoms with Gasteiger partial charge in [-0.2, -0.15) is 0 Å². The summed E-state index contributed by atoms with van der Waals surface area (Å²) in [7, 11) is 0. The Labute approximate surface area is 77.1 Å². The molecule has 74 valence electrons. The van der Waals surface area contributed by atoms with Gasteiger partial charge in [0.2, 0.25) is 0 Å². The molecule has 0 amide bonds. The average molecular weight is 186 g/mol. The standard InChI is InChI=1S/C9H14O4/c1-3-6(10)8-9(7(11)4-2)13-5-12-8/h3-4,6-11H,1-2,5H2. The van der Waals surface area contributed by atoms with Gasteiger partial charge in [-0.15, -0.1) is 13.2 Å². The predicted octanol–water partition coefficient (Wildman–Crippen LogP) is -0.178. The van der Waals surface area contributed by atoms with Crippen molar-refractivity contribution in [2.75, 3.05) is 6.79 Å². The summed E-state index contributed by atoms with van der Waals surface area (Å²) in [6.45, 7) is 6.94. The van der Waals surface area contributed by atoms with Crippen molar-refractivity contribution >= 4 is 0 Å². The highest BCUT2D eigenvalue weighted by Gasteiger charge is 2.37. The summed E-state index contributed by atoms with van der Waals surface area (Å²) in [4.78, 5) is 0. The fourth-order valence-corrected chi connectivity index (χ4v) is 1.24. The number of aliphatic hydroxyl groups excluding tert-OH is 2. The van der Waals surface area contributed by atoms with Crippen molar-refractivity contribution in [1.82, 2.24) is 0 Å². The molecular weight excluding hydrogens is 172 g/mol. The number of hydrogen-bond donors (Lipinski definition) is 2. The minimum Gasteiger partial charge on any atom is -0.386 e. The molecule has 0 aromatic carbocycles. The van der Waals surface area contributed by atoms with Crippen LogP contribution in [0.5, 0.6) is 0 Å². The third-order valence-electron chi connectivity index (χ3n) is 2.00. The fourth-order valence-electron chi connectivity index (χ4n) is 1.24. The van der Waals surface area contributed by atoms with Gasteiger partial charge in [0.15, 0.2) is 0 Å². The largest absolute Gasteiger partial charge is 0.386 e. The lowest BCUT2D eigenvalue weighted by atomic mass is 10.0. The Kier molecular flexibility index (Phi) is 3.62. The van der Waals surface area contributed by atoms with Crippen molar-refractivity contribution in [3.8, 4) is 0 Å². The molecule has 2 N–H and O–H groups in total. The smallest absolute Gasteiger partial charge is 0.148 e. The van der Waals surface area contributed by atoms with E-state index in [1.807, 2.05) is 0 Å². The molecule has 0 aromatic heterocycles. The van der Waals surface area contributed by atoms with Gasteiger partial charge in [-0.3, -0.25) is 0 Å². The van der Waals surface area contributed by atoms with E-state index in [4.69, 9.17) is 9.47 Å². The molecule has 1 heterocycles. The van der Waals surface area contributed by atoms with Gasteiger partial charge in [0.1, 0.15) is 31.2 Å². The monoisotopic (exact) mass is 186 g/mol. The van der Waals surface area contributed by atoms with E-state index in [1.165, 1.54) is 12.2 Å². The van der Waals surface area contributed by atoms with E-state index >= 15 is 0 Å². The minimum atomic E-state index is -0.831. The van der Waals surface area contributed by atoms with Gasteiger partial charge in [0.05, 0.1) is 0 Å². The summed E-state index contributed by atoms with van der Waals surface area (Å²) < 4.78 is 10.2. The van der Waals surface area contributed by atoms with Crippen molar-refractivity contribution in [3.63, 3.8) is 0 Å². The first-order valence-corrected chi connectivity index (χ1v) is 4.05. The Morgan fingerprint density at radius 2 is 1.46 bits per heavy atom. The second kappa shape index (κ2) is 4.53. The lowest BCUT2D eigenvalue weighted by molar-refractivity contribution is -0.00199. The van der Waals surface area contributed by atoms with E-state index in [2.05, 4.69) is 13.2 Å². The number of rotatable bonds is 4. The molecule has 4 unspecified atom stereocenters. The van der Waals surface area contributed by atoms with Crippen LogP contribution in [0.4, 0.5) is 0 Å². The van der Waals surface area contributed by atoms with Crippen molar-refractivity contribution in [1.29, 1.82) is 0 Å². The van der Waals surface area contributed by atoms with Crippen LogP contribution in [-0.4, -0.2) is 41.4 Å². The van der Waals surface area contributed by atoms with E-state index in [0.29, 0.717) is 0 Å². The molecule has 13 heavy (non-hydrogen) atoms. The van der Waals surface area contributed by atoms with Crippen LogP contribution in [0.1, 0.15) is 0 Å². The molecule has 1 aliphatic rings. The first-order valence-electron chi connectivity index (χ1n) is 4.05. The Morgan fingerprint density at radius 1 is 1.08 bits per heavy atom. The Hall–Kier alpha value is -0.680. The fraction of sp³-hybridized carbons (Fsp3) is 0.556. The van der Waals surface area contributed by atoms with E-state index in [0.717, 1.165) is 0 Å².